The first-order chi connectivity index (χ1) is 14.3. The fourth-order valence-electron chi connectivity index (χ4n) is 2.84. The maximum absolute atomic E-state index is 12.2. The van der Waals surface area contributed by atoms with Crippen molar-refractivity contribution in [2.24, 2.45) is 0 Å². The second-order valence-corrected chi connectivity index (χ2v) is 8.48. The van der Waals surface area contributed by atoms with E-state index in [4.69, 9.17) is 16.3 Å². The Hall–Kier alpha value is -2.50. The molecule has 3 rings (SSSR count). The van der Waals surface area contributed by atoms with Crippen LogP contribution in [0.15, 0.2) is 59.1 Å². The summed E-state index contributed by atoms with van der Waals surface area (Å²) in [5.41, 5.74) is 6.17. The number of nitrogens with one attached hydrogen (secondary N) is 2. The lowest BCUT2D eigenvalue weighted by Gasteiger charge is -2.12. The Balaban J connectivity index is 1.53. The molecule has 0 aliphatic rings. The lowest BCUT2D eigenvalue weighted by atomic mass is 10.1. The van der Waals surface area contributed by atoms with E-state index in [2.05, 4.69) is 26.6 Å². The van der Waals surface area contributed by atoms with Crippen molar-refractivity contribution in [3.63, 3.8) is 0 Å². The Kier molecular flexibility index (Phi) is 7.40. The summed E-state index contributed by atoms with van der Waals surface area (Å²) in [6.07, 6.45) is 0. The van der Waals surface area contributed by atoms with Crippen LogP contribution in [0.2, 0.25) is 5.02 Å². The van der Waals surface area contributed by atoms with Crippen LogP contribution in [0.1, 0.15) is 22.3 Å². The van der Waals surface area contributed by atoms with E-state index in [1.165, 1.54) is 5.56 Å². The average molecular weight is 488 g/mol. The lowest BCUT2D eigenvalue weighted by molar-refractivity contribution is -0.118. The van der Waals surface area contributed by atoms with E-state index in [9.17, 15) is 4.79 Å². The Morgan fingerprint density at radius 2 is 1.67 bits per heavy atom. The number of hydrogen-bond donors (Lipinski definition) is 2. The van der Waals surface area contributed by atoms with E-state index in [1.807, 2.05) is 75.4 Å². The van der Waals surface area contributed by atoms with Gasteiger partial charge in [0, 0.05) is 22.9 Å². The third kappa shape index (κ3) is 6.00. The van der Waals surface area contributed by atoms with Crippen molar-refractivity contribution in [2.75, 3.05) is 17.2 Å². The maximum atomic E-state index is 12.2. The highest BCUT2D eigenvalue weighted by Gasteiger charge is 2.08. The standard InChI is InChI=1S/C24H24BrClN2O2/c1-15-4-8-20(10-17(15)3)28-24(29)14-30-23-9-6-18(11-21(23)25)13-27-19-7-5-16(2)22(26)12-19/h4-12,27H,13-14H2,1-3H3,(H,28,29). The van der Waals surface area contributed by atoms with Gasteiger partial charge in [0.15, 0.2) is 6.61 Å². The number of ether oxygens (including phenoxy) is 1. The van der Waals surface area contributed by atoms with E-state index in [-0.39, 0.29) is 12.5 Å². The molecule has 0 heterocycles. The molecule has 4 nitrogen and oxygen atoms in total. The summed E-state index contributed by atoms with van der Waals surface area (Å²) in [5.74, 6) is 0.416. The number of rotatable bonds is 7. The van der Waals surface area contributed by atoms with Crippen molar-refractivity contribution < 1.29 is 9.53 Å². The van der Waals surface area contributed by atoms with Crippen molar-refractivity contribution >= 4 is 44.8 Å². The first-order valence-electron chi connectivity index (χ1n) is 9.60. The third-order valence-electron chi connectivity index (χ3n) is 4.81. The Bertz CT molecular complexity index is 1070. The minimum Gasteiger partial charge on any atom is -0.483 e. The SMILES string of the molecule is Cc1ccc(NC(=O)COc2ccc(CNc3ccc(C)c(Cl)c3)cc2Br)cc1C. The van der Waals surface area contributed by atoms with Gasteiger partial charge >= 0.3 is 0 Å². The first-order valence-corrected chi connectivity index (χ1v) is 10.8. The fraction of sp³-hybridized carbons (Fsp3) is 0.208. The van der Waals surface area contributed by atoms with E-state index in [1.54, 1.807) is 0 Å². The highest BCUT2D eigenvalue weighted by molar-refractivity contribution is 9.10. The topological polar surface area (TPSA) is 50.4 Å². The van der Waals surface area contributed by atoms with Crippen LogP contribution in [0.4, 0.5) is 11.4 Å². The second kappa shape index (κ2) is 10.0. The summed E-state index contributed by atoms with van der Waals surface area (Å²) in [6, 6.07) is 17.5. The molecule has 0 fully saturated rings. The van der Waals surface area contributed by atoms with Gasteiger partial charge in [0.1, 0.15) is 5.75 Å². The number of carbonyl (C=O) groups is 1. The van der Waals surface area contributed by atoms with Gasteiger partial charge < -0.3 is 15.4 Å². The number of halogens is 2. The smallest absolute Gasteiger partial charge is 0.262 e. The van der Waals surface area contributed by atoms with Crippen LogP contribution in [-0.2, 0) is 11.3 Å². The minimum absolute atomic E-state index is 0.0645. The molecule has 0 aliphatic carbocycles. The number of hydrogen-bond acceptors (Lipinski definition) is 3. The van der Waals surface area contributed by atoms with Gasteiger partial charge in [-0.1, -0.05) is 29.8 Å². The summed E-state index contributed by atoms with van der Waals surface area (Å²) in [5, 5.41) is 6.95. The highest BCUT2D eigenvalue weighted by atomic mass is 79.9. The number of benzene rings is 3. The van der Waals surface area contributed by atoms with Gasteiger partial charge in [-0.25, -0.2) is 0 Å². The number of aryl methyl sites for hydroxylation is 3. The molecule has 2 N–H and O–H groups in total. The van der Waals surface area contributed by atoms with Crippen molar-refractivity contribution in [3.05, 3.63) is 86.3 Å². The van der Waals surface area contributed by atoms with Crippen LogP contribution < -0.4 is 15.4 Å². The normalized spacial score (nSPS) is 10.6. The summed E-state index contributed by atoms with van der Waals surface area (Å²) >= 11 is 9.69. The molecule has 0 atom stereocenters. The molecule has 0 aromatic heterocycles. The number of anilines is 2. The van der Waals surface area contributed by atoms with Gasteiger partial charge in [0.05, 0.1) is 4.47 Å². The zero-order valence-corrected chi connectivity index (χ0v) is 19.5. The molecular formula is C24H24BrClN2O2. The monoisotopic (exact) mass is 486 g/mol. The third-order valence-corrected chi connectivity index (χ3v) is 5.84. The molecular weight excluding hydrogens is 464 g/mol. The first kappa shape index (κ1) is 22.2. The molecule has 0 bridgehead atoms. The maximum Gasteiger partial charge on any atom is 0.262 e. The molecule has 0 unspecified atom stereocenters. The molecule has 0 saturated carbocycles. The van der Waals surface area contributed by atoms with Crippen LogP contribution in [-0.4, -0.2) is 12.5 Å². The summed E-state index contributed by atoms with van der Waals surface area (Å²) in [4.78, 5) is 12.2. The summed E-state index contributed by atoms with van der Waals surface area (Å²) < 4.78 is 6.47. The van der Waals surface area contributed by atoms with Gasteiger partial charge in [0.25, 0.3) is 5.91 Å². The molecule has 0 spiro atoms. The van der Waals surface area contributed by atoms with Crippen LogP contribution in [0.5, 0.6) is 5.75 Å². The van der Waals surface area contributed by atoms with Crippen LogP contribution in [0.3, 0.4) is 0 Å². The fourth-order valence-corrected chi connectivity index (χ4v) is 3.56. The number of carbonyl (C=O) groups excluding carboxylic acids is 1. The van der Waals surface area contributed by atoms with Gasteiger partial charge in [-0.05, 0) is 95.4 Å². The van der Waals surface area contributed by atoms with Gasteiger partial charge in [-0.3, -0.25) is 4.79 Å². The Morgan fingerprint density at radius 1 is 0.933 bits per heavy atom. The Morgan fingerprint density at radius 3 is 2.37 bits per heavy atom. The van der Waals surface area contributed by atoms with E-state index >= 15 is 0 Å². The largest absolute Gasteiger partial charge is 0.483 e. The van der Waals surface area contributed by atoms with Crippen molar-refractivity contribution in [1.29, 1.82) is 0 Å². The summed E-state index contributed by atoms with van der Waals surface area (Å²) in [6.45, 7) is 6.61. The van der Waals surface area contributed by atoms with E-state index in [0.717, 1.165) is 37.6 Å². The van der Waals surface area contributed by atoms with Crippen molar-refractivity contribution in [1.82, 2.24) is 0 Å². The second-order valence-electron chi connectivity index (χ2n) is 7.22. The molecule has 0 saturated heterocycles. The molecule has 6 heteroatoms. The highest BCUT2D eigenvalue weighted by Crippen LogP contribution is 2.27. The molecule has 3 aromatic carbocycles. The molecule has 30 heavy (non-hydrogen) atoms. The van der Waals surface area contributed by atoms with Crippen LogP contribution in [0, 0.1) is 20.8 Å². The average Bonchev–Trinajstić information content (AvgIpc) is 2.71. The molecule has 3 aromatic rings. The predicted molar refractivity (Wildman–Crippen MR) is 128 cm³/mol. The Labute approximate surface area is 190 Å². The summed E-state index contributed by atoms with van der Waals surface area (Å²) in [7, 11) is 0. The van der Waals surface area contributed by atoms with E-state index in [0.29, 0.717) is 12.3 Å². The minimum atomic E-state index is -0.202. The predicted octanol–water partition coefficient (Wildman–Crippen LogP) is 6.66. The zero-order chi connectivity index (χ0) is 21.7. The lowest BCUT2D eigenvalue weighted by Crippen LogP contribution is -2.20. The molecule has 0 aliphatic heterocycles. The quantitative estimate of drug-likeness (QED) is 0.392. The number of amides is 1. The molecule has 0 radical (unpaired) electrons. The van der Waals surface area contributed by atoms with Gasteiger partial charge in [-0.2, -0.15) is 0 Å². The van der Waals surface area contributed by atoms with Gasteiger partial charge in [-0.15, -0.1) is 0 Å². The van der Waals surface area contributed by atoms with Crippen LogP contribution >= 0.6 is 27.5 Å². The van der Waals surface area contributed by atoms with Crippen LogP contribution in [0.25, 0.3) is 0 Å². The molecule has 1 amide bonds. The van der Waals surface area contributed by atoms with Crippen molar-refractivity contribution in [3.8, 4) is 5.75 Å². The zero-order valence-electron chi connectivity index (χ0n) is 17.2. The van der Waals surface area contributed by atoms with E-state index < -0.39 is 0 Å². The molecule has 156 valence electrons. The van der Waals surface area contributed by atoms with Gasteiger partial charge in [0.2, 0.25) is 0 Å². The van der Waals surface area contributed by atoms with Crippen molar-refractivity contribution in [2.45, 2.75) is 27.3 Å².